The Kier molecular flexibility index (Phi) is 6.30. The molecule has 0 unspecified atom stereocenters. The highest BCUT2D eigenvalue weighted by Crippen LogP contribution is 2.38. The van der Waals surface area contributed by atoms with Gasteiger partial charge in [0.15, 0.2) is 0 Å². The van der Waals surface area contributed by atoms with Crippen molar-refractivity contribution < 1.29 is 4.74 Å². The van der Waals surface area contributed by atoms with Crippen molar-refractivity contribution in [2.45, 2.75) is 44.6 Å². The molecule has 0 radical (unpaired) electrons. The number of fused-ring (bicyclic) bond motifs is 2. The van der Waals surface area contributed by atoms with Gasteiger partial charge in [-0.2, -0.15) is 0 Å². The van der Waals surface area contributed by atoms with Gasteiger partial charge in [-0.25, -0.2) is 0 Å². The van der Waals surface area contributed by atoms with Crippen LogP contribution in [0.1, 0.15) is 29.5 Å². The summed E-state index contributed by atoms with van der Waals surface area (Å²) in [6.07, 6.45) is 2.84. The molecule has 1 N–H and O–H groups in total. The predicted molar refractivity (Wildman–Crippen MR) is 105 cm³/mol. The third kappa shape index (κ3) is 4.00. The first-order chi connectivity index (χ1) is 11.4. The monoisotopic (exact) mass is 385 g/mol. The lowest BCUT2D eigenvalue weighted by Crippen LogP contribution is -2.62. The van der Waals surface area contributed by atoms with Crippen LogP contribution in [0.25, 0.3) is 0 Å². The first kappa shape index (κ1) is 19.4. The van der Waals surface area contributed by atoms with Gasteiger partial charge in [0, 0.05) is 51.4 Å². The lowest BCUT2D eigenvalue weighted by atomic mass is 10.0. The molecule has 6 heteroatoms. The Hall–Kier alpha value is -0.360. The molecule has 0 bridgehead atoms. The SMILES string of the molecule is Cl.Cl.c1cc2c(cc1CN1CCN3[C@@H](COC[C@@H]3C3CC3)C1)CNC2. The molecule has 1 saturated carbocycles. The molecule has 140 valence electrons. The van der Waals surface area contributed by atoms with Crippen LogP contribution in [0.4, 0.5) is 0 Å². The van der Waals surface area contributed by atoms with Crippen LogP contribution in [0.3, 0.4) is 0 Å². The van der Waals surface area contributed by atoms with Gasteiger partial charge in [0.1, 0.15) is 0 Å². The molecule has 0 aromatic heterocycles. The Bertz CT molecular complexity index is 596. The number of nitrogens with zero attached hydrogens (tertiary/aromatic N) is 2. The van der Waals surface area contributed by atoms with Gasteiger partial charge in [0.25, 0.3) is 0 Å². The van der Waals surface area contributed by atoms with Crippen LogP contribution in [0.5, 0.6) is 0 Å². The molecule has 0 amide bonds. The van der Waals surface area contributed by atoms with E-state index in [0.717, 1.165) is 38.8 Å². The third-order valence-corrected chi connectivity index (χ3v) is 6.11. The maximum atomic E-state index is 5.94. The number of nitrogens with one attached hydrogen (secondary N) is 1. The fourth-order valence-corrected chi connectivity index (χ4v) is 4.68. The highest BCUT2D eigenvalue weighted by Gasteiger charge is 2.42. The van der Waals surface area contributed by atoms with Crippen molar-refractivity contribution in [1.29, 1.82) is 0 Å². The zero-order valence-electron chi connectivity index (χ0n) is 14.7. The van der Waals surface area contributed by atoms with Crippen molar-refractivity contribution in [3.8, 4) is 0 Å². The lowest BCUT2D eigenvalue weighted by Gasteiger charge is -2.48. The molecule has 1 aromatic rings. The minimum Gasteiger partial charge on any atom is -0.378 e. The van der Waals surface area contributed by atoms with Crippen LogP contribution >= 0.6 is 24.8 Å². The summed E-state index contributed by atoms with van der Waals surface area (Å²) < 4.78 is 5.94. The Balaban J connectivity index is 0.000000911. The van der Waals surface area contributed by atoms with Crippen molar-refractivity contribution in [2.24, 2.45) is 5.92 Å². The summed E-state index contributed by atoms with van der Waals surface area (Å²) in [5.41, 5.74) is 4.44. The summed E-state index contributed by atoms with van der Waals surface area (Å²) in [7, 11) is 0. The molecule has 3 fully saturated rings. The highest BCUT2D eigenvalue weighted by atomic mass is 35.5. The van der Waals surface area contributed by atoms with E-state index in [1.165, 1.54) is 49.2 Å². The molecule has 4 aliphatic rings. The molecule has 3 aliphatic heterocycles. The number of piperazine rings is 1. The van der Waals surface area contributed by atoms with E-state index in [-0.39, 0.29) is 24.8 Å². The number of morpholine rings is 1. The van der Waals surface area contributed by atoms with Crippen LogP contribution in [0.15, 0.2) is 18.2 Å². The first-order valence-electron chi connectivity index (χ1n) is 9.24. The van der Waals surface area contributed by atoms with E-state index >= 15 is 0 Å². The quantitative estimate of drug-likeness (QED) is 0.864. The smallest absolute Gasteiger partial charge is 0.0635 e. The van der Waals surface area contributed by atoms with Crippen molar-refractivity contribution in [2.75, 3.05) is 32.8 Å². The van der Waals surface area contributed by atoms with Gasteiger partial charge in [-0.1, -0.05) is 18.2 Å². The highest BCUT2D eigenvalue weighted by molar-refractivity contribution is 5.85. The number of benzene rings is 1. The number of ether oxygens (including phenoxy) is 1. The van der Waals surface area contributed by atoms with E-state index in [1.54, 1.807) is 0 Å². The van der Waals surface area contributed by atoms with Crippen molar-refractivity contribution in [1.82, 2.24) is 15.1 Å². The van der Waals surface area contributed by atoms with E-state index in [9.17, 15) is 0 Å². The van der Waals surface area contributed by atoms with Crippen LogP contribution in [-0.2, 0) is 24.4 Å². The normalized spacial score (nSPS) is 29.3. The van der Waals surface area contributed by atoms with Crippen LogP contribution in [0.2, 0.25) is 0 Å². The largest absolute Gasteiger partial charge is 0.378 e. The summed E-state index contributed by atoms with van der Waals surface area (Å²) in [5, 5.41) is 3.44. The Morgan fingerprint density at radius 1 is 1.04 bits per heavy atom. The van der Waals surface area contributed by atoms with E-state index in [1.807, 2.05) is 0 Å². The van der Waals surface area contributed by atoms with Crippen molar-refractivity contribution in [3.05, 3.63) is 34.9 Å². The van der Waals surface area contributed by atoms with Gasteiger partial charge in [-0.15, -0.1) is 24.8 Å². The molecule has 25 heavy (non-hydrogen) atoms. The van der Waals surface area contributed by atoms with Gasteiger partial charge in [-0.05, 0) is 35.4 Å². The molecule has 5 rings (SSSR count). The average Bonchev–Trinajstić information content (AvgIpc) is 3.32. The van der Waals surface area contributed by atoms with Gasteiger partial charge in [0.05, 0.1) is 13.2 Å². The fourth-order valence-electron chi connectivity index (χ4n) is 4.68. The van der Waals surface area contributed by atoms with Crippen LogP contribution in [0, 0.1) is 5.92 Å². The Labute approximate surface area is 163 Å². The molecular weight excluding hydrogens is 357 g/mol. The summed E-state index contributed by atoms with van der Waals surface area (Å²) in [6, 6.07) is 8.36. The molecule has 3 heterocycles. The molecule has 2 saturated heterocycles. The molecule has 1 aromatic carbocycles. The first-order valence-corrected chi connectivity index (χ1v) is 9.24. The van der Waals surface area contributed by atoms with Gasteiger partial charge < -0.3 is 10.1 Å². The summed E-state index contributed by atoms with van der Waals surface area (Å²) >= 11 is 0. The van der Waals surface area contributed by atoms with E-state index in [4.69, 9.17) is 4.74 Å². The molecule has 0 spiro atoms. The minimum absolute atomic E-state index is 0. The van der Waals surface area contributed by atoms with Gasteiger partial charge in [-0.3, -0.25) is 9.80 Å². The van der Waals surface area contributed by atoms with E-state index < -0.39 is 0 Å². The summed E-state index contributed by atoms with van der Waals surface area (Å²) in [6.45, 7) is 8.65. The Morgan fingerprint density at radius 3 is 2.72 bits per heavy atom. The molecule has 4 nitrogen and oxygen atoms in total. The Morgan fingerprint density at radius 2 is 1.88 bits per heavy atom. The topological polar surface area (TPSA) is 27.7 Å². The van der Waals surface area contributed by atoms with Crippen LogP contribution < -0.4 is 5.32 Å². The lowest BCUT2D eigenvalue weighted by molar-refractivity contribution is -0.0880. The van der Waals surface area contributed by atoms with Gasteiger partial charge >= 0.3 is 0 Å². The number of halogens is 2. The van der Waals surface area contributed by atoms with Crippen molar-refractivity contribution >= 4 is 24.8 Å². The fraction of sp³-hybridized carbons (Fsp3) is 0.684. The maximum Gasteiger partial charge on any atom is 0.0635 e. The third-order valence-electron chi connectivity index (χ3n) is 6.11. The molecule has 2 atom stereocenters. The molecular formula is C19H29Cl2N3O. The maximum absolute atomic E-state index is 5.94. The standard InChI is InChI=1S/C19H27N3O.2ClH/c1-2-16-8-20-9-17(16)7-14(1)10-21-5-6-22-18(11-21)12-23-13-19(22)15-3-4-15;;/h1-2,7,15,18-20H,3-6,8-13H2;2*1H/t18-,19-;;/m1../s1. The second kappa shape index (κ2) is 8.12. The number of hydrogen-bond acceptors (Lipinski definition) is 4. The second-order valence-corrected chi connectivity index (χ2v) is 7.78. The van der Waals surface area contributed by atoms with Crippen LogP contribution in [-0.4, -0.2) is 54.7 Å². The number of hydrogen-bond donors (Lipinski definition) is 1. The van der Waals surface area contributed by atoms with E-state index in [2.05, 4.69) is 33.3 Å². The number of rotatable bonds is 3. The van der Waals surface area contributed by atoms with E-state index in [0.29, 0.717) is 12.1 Å². The van der Waals surface area contributed by atoms with Crippen molar-refractivity contribution in [3.63, 3.8) is 0 Å². The summed E-state index contributed by atoms with van der Waals surface area (Å²) in [4.78, 5) is 5.40. The minimum atomic E-state index is 0. The predicted octanol–water partition coefficient (Wildman–Crippen LogP) is 2.43. The summed E-state index contributed by atoms with van der Waals surface area (Å²) in [5.74, 6) is 0.925. The molecule has 1 aliphatic carbocycles. The average molecular weight is 386 g/mol. The van der Waals surface area contributed by atoms with Gasteiger partial charge in [0.2, 0.25) is 0 Å². The zero-order valence-corrected chi connectivity index (χ0v) is 16.3. The second-order valence-electron chi connectivity index (χ2n) is 7.78. The zero-order chi connectivity index (χ0) is 15.2.